The van der Waals surface area contributed by atoms with Gasteiger partial charge < -0.3 is 14.6 Å². The van der Waals surface area contributed by atoms with Crippen molar-refractivity contribution in [1.82, 2.24) is 14.9 Å². The zero-order valence-corrected chi connectivity index (χ0v) is 10.3. The zero-order valence-electron chi connectivity index (χ0n) is 10.3. The molecule has 18 heavy (non-hydrogen) atoms. The molecule has 1 aromatic carbocycles. The van der Waals surface area contributed by atoms with Crippen LogP contribution in [0.1, 0.15) is 18.9 Å². The molecule has 3 rings (SSSR count). The summed E-state index contributed by atoms with van der Waals surface area (Å²) in [5, 5.41) is 3.27. The normalized spacial score (nSPS) is 20.4. The van der Waals surface area contributed by atoms with Crippen LogP contribution in [0, 0.1) is 5.82 Å². The van der Waals surface area contributed by atoms with Gasteiger partial charge in [-0.15, -0.1) is 0 Å². The van der Waals surface area contributed by atoms with E-state index < -0.39 is 0 Å². The monoisotopic (exact) mass is 249 g/mol. The number of aryl methyl sites for hydroxylation is 1. The molecule has 0 bridgehead atoms. The molecule has 1 atom stereocenters. The zero-order chi connectivity index (χ0) is 12.5. The molecule has 1 aliphatic heterocycles. The quantitative estimate of drug-likeness (QED) is 0.883. The molecule has 1 aliphatic rings. The molecule has 96 valence electrons. The van der Waals surface area contributed by atoms with E-state index >= 15 is 0 Å². The predicted octanol–water partition coefficient (Wildman–Crippen LogP) is 1.86. The Hall–Kier alpha value is -1.46. The number of nitrogens with zero attached hydrogens (tertiary/aromatic N) is 2. The van der Waals surface area contributed by atoms with Crippen molar-refractivity contribution in [3.63, 3.8) is 0 Å². The Balaban J connectivity index is 2.13. The summed E-state index contributed by atoms with van der Waals surface area (Å²) in [6.45, 7) is 5.04. The first-order valence-corrected chi connectivity index (χ1v) is 6.28. The summed E-state index contributed by atoms with van der Waals surface area (Å²) < 4.78 is 21.5. The molecule has 2 heterocycles. The van der Waals surface area contributed by atoms with Crippen molar-refractivity contribution in [2.45, 2.75) is 19.6 Å². The second-order valence-corrected chi connectivity index (χ2v) is 4.39. The fourth-order valence-electron chi connectivity index (χ4n) is 2.44. The van der Waals surface area contributed by atoms with Gasteiger partial charge in [0.2, 0.25) is 0 Å². The van der Waals surface area contributed by atoms with E-state index in [1.54, 1.807) is 6.07 Å². The lowest BCUT2D eigenvalue weighted by Crippen LogP contribution is -2.34. The molecule has 5 heteroatoms. The van der Waals surface area contributed by atoms with Gasteiger partial charge in [0.1, 0.15) is 17.4 Å². The maximum atomic E-state index is 13.8. The second-order valence-electron chi connectivity index (χ2n) is 4.39. The Kier molecular flexibility index (Phi) is 3.01. The van der Waals surface area contributed by atoms with Crippen molar-refractivity contribution in [2.24, 2.45) is 0 Å². The number of fused-ring (bicyclic) bond motifs is 1. The molecule has 2 aromatic rings. The van der Waals surface area contributed by atoms with E-state index in [9.17, 15) is 4.39 Å². The largest absolute Gasteiger partial charge is 0.368 e. The summed E-state index contributed by atoms with van der Waals surface area (Å²) in [5.41, 5.74) is 1.27. The highest BCUT2D eigenvalue weighted by Gasteiger charge is 2.23. The number of halogens is 1. The minimum Gasteiger partial charge on any atom is -0.368 e. The maximum absolute atomic E-state index is 13.8. The Bertz CT molecular complexity index is 561. The second kappa shape index (κ2) is 4.66. The molecule has 0 saturated carbocycles. The molecule has 1 saturated heterocycles. The van der Waals surface area contributed by atoms with Crippen LogP contribution in [0.25, 0.3) is 11.0 Å². The fraction of sp³-hybridized carbons (Fsp3) is 0.462. The van der Waals surface area contributed by atoms with Crippen molar-refractivity contribution >= 4 is 11.0 Å². The predicted molar refractivity (Wildman–Crippen MR) is 66.9 cm³/mol. The molecule has 1 unspecified atom stereocenters. The molecule has 1 N–H and O–H groups in total. The van der Waals surface area contributed by atoms with E-state index in [4.69, 9.17) is 4.74 Å². The third-order valence-electron chi connectivity index (χ3n) is 3.29. The highest BCUT2D eigenvalue weighted by molar-refractivity contribution is 5.76. The van der Waals surface area contributed by atoms with Gasteiger partial charge in [-0.2, -0.15) is 0 Å². The number of benzene rings is 1. The number of hydrogen-bond acceptors (Lipinski definition) is 3. The number of ether oxygens (including phenoxy) is 1. The highest BCUT2D eigenvalue weighted by atomic mass is 19.1. The first-order valence-electron chi connectivity index (χ1n) is 6.28. The molecule has 0 aliphatic carbocycles. The summed E-state index contributed by atoms with van der Waals surface area (Å²) in [6, 6.07) is 5.06. The van der Waals surface area contributed by atoms with Crippen LogP contribution in [0.3, 0.4) is 0 Å². The summed E-state index contributed by atoms with van der Waals surface area (Å²) in [5.74, 6) is 0.537. The minimum absolute atomic E-state index is 0.0921. The number of nitrogens with one attached hydrogen (secondary N) is 1. The molecular weight excluding hydrogens is 233 g/mol. The highest BCUT2D eigenvalue weighted by Crippen LogP contribution is 2.25. The molecule has 0 spiro atoms. The van der Waals surface area contributed by atoms with Gasteiger partial charge in [-0.3, -0.25) is 0 Å². The molecular formula is C13H16FN3O. The van der Waals surface area contributed by atoms with E-state index in [-0.39, 0.29) is 11.9 Å². The maximum Gasteiger partial charge on any atom is 0.151 e. The van der Waals surface area contributed by atoms with E-state index in [1.807, 2.05) is 17.6 Å². The number of rotatable bonds is 2. The van der Waals surface area contributed by atoms with Crippen LogP contribution in [0.15, 0.2) is 18.2 Å². The van der Waals surface area contributed by atoms with E-state index in [0.717, 1.165) is 31.0 Å². The van der Waals surface area contributed by atoms with Gasteiger partial charge in [0.05, 0.1) is 12.1 Å². The van der Waals surface area contributed by atoms with Crippen LogP contribution in [0.5, 0.6) is 0 Å². The van der Waals surface area contributed by atoms with E-state index in [2.05, 4.69) is 10.3 Å². The fourth-order valence-corrected chi connectivity index (χ4v) is 2.44. The lowest BCUT2D eigenvalue weighted by Gasteiger charge is -2.23. The standard InChI is InChI=1S/C13H16FN3O/c1-2-17-10-5-3-4-9(14)12(10)16-13(17)11-8-15-6-7-18-11/h3-5,11,15H,2,6-8H2,1H3. The summed E-state index contributed by atoms with van der Waals surface area (Å²) in [6.07, 6.45) is -0.0921. The number of aromatic nitrogens is 2. The van der Waals surface area contributed by atoms with Crippen molar-refractivity contribution in [3.8, 4) is 0 Å². The lowest BCUT2D eigenvalue weighted by molar-refractivity contribution is 0.0203. The molecule has 1 aromatic heterocycles. The molecule has 0 radical (unpaired) electrons. The SMILES string of the molecule is CCn1c(C2CNCCO2)nc2c(F)cccc21. The molecule has 0 amide bonds. The van der Waals surface area contributed by atoms with Crippen LogP contribution in [0.2, 0.25) is 0 Å². The van der Waals surface area contributed by atoms with Gasteiger partial charge in [0.25, 0.3) is 0 Å². The number of morpholine rings is 1. The van der Waals surface area contributed by atoms with Crippen LogP contribution < -0.4 is 5.32 Å². The Morgan fingerprint density at radius 1 is 1.56 bits per heavy atom. The van der Waals surface area contributed by atoms with Crippen molar-refractivity contribution in [1.29, 1.82) is 0 Å². The van der Waals surface area contributed by atoms with Crippen molar-refractivity contribution < 1.29 is 9.13 Å². The average Bonchev–Trinajstić information content (AvgIpc) is 2.80. The van der Waals surface area contributed by atoms with Crippen LogP contribution in [-0.2, 0) is 11.3 Å². The lowest BCUT2D eigenvalue weighted by atomic mass is 10.3. The summed E-state index contributed by atoms with van der Waals surface area (Å²) in [7, 11) is 0. The molecule has 1 fully saturated rings. The first-order chi connectivity index (χ1) is 8.81. The van der Waals surface area contributed by atoms with Gasteiger partial charge in [-0.25, -0.2) is 9.37 Å². The number of imidazole rings is 1. The first kappa shape index (κ1) is 11.6. The Morgan fingerprint density at radius 3 is 3.17 bits per heavy atom. The third kappa shape index (κ3) is 1.79. The van der Waals surface area contributed by atoms with Crippen LogP contribution >= 0.6 is 0 Å². The van der Waals surface area contributed by atoms with Crippen molar-refractivity contribution in [2.75, 3.05) is 19.7 Å². The summed E-state index contributed by atoms with van der Waals surface area (Å²) in [4.78, 5) is 4.43. The number of para-hydroxylation sites is 1. The van der Waals surface area contributed by atoms with Gasteiger partial charge in [0, 0.05) is 19.6 Å². The van der Waals surface area contributed by atoms with Gasteiger partial charge in [-0.05, 0) is 19.1 Å². The molecule has 4 nitrogen and oxygen atoms in total. The third-order valence-corrected chi connectivity index (χ3v) is 3.29. The number of hydrogen-bond donors (Lipinski definition) is 1. The Labute approximate surface area is 105 Å². The topological polar surface area (TPSA) is 39.1 Å². The van der Waals surface area contributed by atoms with Crippen LogP contribution in [-0.4, -0.2) is 29.2 Å². The van der Waals surface area contributed by atoms with Gasteiger partial charge in [0.15, 0.2) is 5.82 Å². The van der Waals surface area contributed by atoms with Gasteiger partial charge >= 0.3 is 0 Å². The van der Waals surface area contributed by atoms with E-state index in [0.29, 0.717) is 12.1 Å². The van der Waals surface area contributed by atoms with E-state index in [1.165, 1.54) is 6.07 Å². The summed E-state index contributed by atoms with van der Waals surface area (Å²) >= 11 is 0. The van der Waals surface area contributed by atoms with Crippen molar-refractivity contribution in [3.05, 3.63) is 29.8 Å². The minimum atomic E-state index is -0.273. The Morgan fingerprint density at radius 2 is 2.44 bits per heavy atom. The average molecular weight is 249 g/mol. The van der Waals surface area contributed by atoms with Crippen LogP contribution in [0.4, 0.5) is 4.39 Å². The smallest absolute Gasteiger partial charge is 0.151 e. The van der Waals surface area contributed by atoms with Gasteiger partial charge in [-0.1, -0.05) is 6.07 Å².